The quantitative estimate of drug-likeness (QED) is 0.874. The van der Waals surface area contributed by atoms with Gasteiger partial charge in [0, 0.05) is 6.20 Å². The average molecular weight is 241 g/mol. The number of hydrogen-bond donors (Lipinski definition) is 1. The lowest BCUT2D eigenvalue weighted by molar-refractivity contribution is 0.626. The van der Waals surface area contributed by atoms with Crippen molar-refractivity contribution in [3.63, 3.8) is 0 Å². The number of hydrogen-bond acceptors (Lipinski definition) is 3. The van der Waals surface area contributed by atoms with Crippen LogP contribution in [0.1, 0.15) is 36.6 Å². The molecule has 1 N–H and O–H groups in total. The Morgan fingerprint density at radius 2 is 2.00 bits per heavy atom. The van der Waals surface area contributed by atoms with E-state index in [2.05, 4.69) is 53.6 Å². The zero-order chi connectivity index (χ0) is 12.8. The maximum atomic E-state index is 3.97. The number of nitrogens with zero attached hydrogens (tertiary/aromatic N) is 2. The van der Waals surface area contributed by atoms with Gasteiger partial charge in [-0.1, -0.05) is 38.1 Å². The van der Waals surface area contributed by atoms with Crippen LogP contribution >= 0.6 is 0 Å². The fraction of sp³-hybridized carbons (Fsp3) is 0.333. The SMILES string of the molecule is CCNC(c1ccnnc1)c1cccc(CC)c1. The smallest absolute Gasteiger partial charge is 0.0593 e. The van der Waals surface area contributed by atoms with E-state index in [1.807, 2.05) is 12.3 Å². The van der Waals surface area contributed by atoms with Gasteiger partial charge in [0.2, 0.25) is 0 Å². The molecular formula is C15H19N3. The zero-order valence-corrected chi connectivity index (χ0v) is 10.9. The Kier molecular flexibility index (Phi) is 4.42. The molecule has 0 amide bonds. The van der Waals surface area contributed by atoms with Gasteiger partial charge in [-0.2, -0.15) is 10.2 Å². The van der Waals surface area contributed by atoms with Crippen LogP contribution in [0.4, 0.5) is 0 Å². The first-order chi connectivity index (χ1) is 8.85. The predicted molar refractivity (Wildman–Crippen MR) is 73.4 cm³/mol. The topological polar surface area (TPSA) is 37.8 Å². The largest absolute Gasteiger partial charge is 0.306 e. The van der Waals surface area contributed by atoms with Crippen LogP contribution in [0.15, 0.2) is 42.7 Å². The molecule has 0 aliphatic carbocycles. The van der Waals surface area contributed by atoms with E-state index < -0.39 is 0 Å². The molecule has 3 nitrogen and oxygen atoms in total. The fourth-order valence-corrected chi connectivity index (χ4v) is 2.10. The molecule has 2 rings (SSSR count). The molecule has 0 radical (unpaired) electrons. The summed E-state index contributed by atoms with van der Waals surface area (Å²) in [4.78, 5) is 0. The second kappa shape index (κ2) is 6.26. The lowest BCUT2D eigenvalue weighted by Crippen LogP contribution is -2.22. The van der Waals surface area contributed by atoms with Crippen molar-refractivity contribution in [1.82, 2.24) is 15.5 Å². The van der Waals surface area contributed by atoms with Gasteiger partial charge in [-0.05, 0) is 35.7 Å². The van der Waals surface area contributed by atoms with Gasteiger partial charge in [-0.3, -0.25) is 0 Å². The van der Waals surface area contributed by atoms with E-state index in [0.29, 0.717) is 0 Å². The summed E-state index contributed by atoms with van der Waals surface area (Å²) in [6.07, 6.45) is 4.62. The van der Waals surface area contributed by atoms with Gasteiger partial charge in [0.05, 0.1) is 12.2 Å². The lowest BCUT2D eigenvalue weighted by Gasteiger charge is -2.19. The van der Waals surface area contributed by atoms with Crippen LogP contribution in [0.5, 0.6) is 0 Å². The highest BCUT2D eigenvalue weighted by atomic mass is 15.1. The standard InChI is InChI=1S/C15H19N3/c1-3-12-6-5-7-13(10-12)15(16-4-2)14-8-9-17-18-11-14/h5-11,15-16H,3-4H2,1-2H3. The van der Waals surface area contributed by atoms with Gasteiger partial charge >= 0.3 is 0 Å². The average Bonchev–Trinajstić information content (AvgIpc) is 2.46. The van der Waals surface area contributed by atoms with Crippen molar-refractivity contribution in [2.75, 3.05) is 6.54 Å². The Morgan fingerprint density at radius 3 is 2.67 bits per heavy atom. The second-order valence-electron chi connectivity index (χ2n) is 4.27. The molecular weight excluding hydrogens is 222 g/mol. The van der Waals surface area contributed by atoms with Crippen LogP contribution in [-0.2, 0) is 6.42 Å². The maximum Gasteiger partial charge on any atom is 0.0593 e. The van der Waals surface area contributed by atoms with Gasteiger partial charge in [-0.25, -0.2) is 0 Å². The van der Waals surface area contributed by atoms with Crippen molar-refractivity contribution in [2.45, 2.75) is 26.3 Å². The fourth-order valence-electron chi connectivity index (χ4n) is 2.10. The summed E-state index contributed by atoms with van der Waals surface area (Å²) >= 11 is 0. The molecule has 2 aromatic rings. The Bertz CT molecular complexity index is 482. The molecule has 18 heavy (non-hydrogen) atoms. The molecule has 1 aromatic carbocycles. The van der Waals surface area contributed by atoms with Gasteiger partial charge < -0.3 is 5.32 Å². The van der Waals surface area contributed by atoms with Crippen LogP contribution in [0.2, 0.25) is 0 Å². The molecule has 0 aliphatic rings. The molecule has 1 atom stereocenters. The lowest BCUT2D eigenvalue weighted by atomic mass is 9.98. The van der Waals surface area contributed by atoms with E-state index in [1.54, 1.807) is 6.20 Å². The predicted octanol–water partition coefficient (Wildman–Crippen LogP) is 2.74. The Hall–Kier alpha value is -1.74. The number of aromatic nitrogens is 2. The van der Waals surface area contributed by atoms with Crippen molar-refractivity contribution < 1.29 is 0 Å². The molecule has 0 aliphatic heterocycles. The van der Waals surface area contributed by atoms with Crippen LogP contribution in [-0.4, -0.2) is 16.7 Å². The molecule has 94 valence electrons. The summed E-state index contributed by atoms with van der Waals surface area (Å²) in [5.41, 5.74) is 3.79. The highest BCUT2D eigenvalue weighted by molar-refractivity contribution is 5.32. The highest BCUT2D eigenvalue weighted by Gasteiger charge is 2.13. The van der Waals surface area contributed by atoms with E-state index >= 15 is 0 Å². The molecule has 0 fully saturated rings. The van der Waals surface area contributed by atoms with Crippen molar-refractivity contribution in [3.05, 3.63) is 59.4 Å². The van der Waals surface area contributed by atoms with Crippen molar-refractivity contribution >= 4 is 0 Å². The van der Waals surface area contributed by atoms with Crippen LogP contribution in [0.3, 0.4) is 0 Å². The molecule has 1 unspecified atom stereocenters. The summed E-state index contributed by atoms with van der Waals surface area (Å²) in [6.45, 7) is 5.21. The van der Waals surface area contributed by atoms with Gasteiger partial charge in [0.15, 0.2) is 0 Å². The third-order valence-corrected chi connectivity index (χ3v) is 3.04. The monoisotopic (exact) mass is 241 g/mol. The maximum absolute atomic E-state index is 3.97. The van der Waals surface area contributed by atoms with Crippen LogP contribution in [0, 0.1) is 0 Å². The highest BCUT2D eigenvalue weighted by Crippen LogP contribution is 2.22. The Morgan fingerprint density at radius 1 is 1.11 bits per heavy atom. The molecule has 0 spiro atoms. The van der Waals surface area contributed by atoms with Crippen LogP contribution < -0.4 is 5.32 Å². The molecule has 0 saturated heterocycles. The Labute approximate surface area is 108 Å². The normalized spacial score (nSPS) is 12.3. The summed E-state index contributed by atoms with van der Waals surface area (Å²) in [5.74, 6) is 0. The minimum Gasteiger partial charge on any atom is -0.306 e. The van der Waals surface area contributed by atoms with E-state index in [1.165, 1.54) is 11.1 Å². The van der Waals surface area contributed by atoms with E-state index in [9.17, 15) is 0 Å². The molecule has 0 saturated carbocycles. The third kappa shape index (κ3) is 2.93. The molecule has 0 bridgehead atoms. The summed E-state index contributed by atoms with van der Waals surface area (Å²) in [6, 6.07) is 10.9. The van der Waals surface area contributed by atoms with Crippen molar-refractivity contribution in [3.8, 4) is 0 Å². The van der Waals surface area contributed by atoms with Gasteiger partial charge in [0.25, 0.3) is 0 Å². The minimum atomic E-state index is 0.192. The summed E-state index contributed by atoms with van der Waals surface area (Å²) < 4.78 is 0. The zero-order valence-electron chi connectivity index (χ0n) is 10.9. The number of benzene rings is 1. The second-order valence-corrected chi connectivity index (χ2v) is 4.27. The first-order valence-electron chi connectivity index (χ1n) is 6.44. The minimum absolute atomic E-state index is 0.192. The Balaban J connectivity index is 2.35. The molecule has 3 heteroatoms. The van der Waals surface area contributed by atoms with Gasteiger partial charge in [0.1, 0.15) is 0 Å². The van der Waals surface area contributed by atoms with Crippen molar-refractivity contribution in [2.24, 2.45) is 0 Å². The van der Waals surface area contributed by atoms with Crippen LogP contribution in [0.25, 0.3) is 0 Å². The number of aryl methyl sites for hydroxylation is 1. The number of rotatable bonds is 5. The number of nitrogens with one attached hydrogen (secondary N) is 1. The van der Waals surface area contributed by atoms with Gasteiger partial charge in [-0.15, -0.1) is 0 Å². The van der Waals surface area contributed by atoms with E-state index in [4.69, 9.17) is 0 Å². The summed E-state index contributed by atoms with van der Waals surface area (Å²) in [7, 11) is 0. The van der Waals surface area contributed by atoms with E-state index in [-0.39, 0.29) is 6.04 Å². The van der Waals surface area contributed by atoms with Crippen molar-refractivity contribution in [1.29, 1.82) is 0 Å². The molecule has 1 heterocycles. The first-order valence-corrected chi connectivity index (χ1v) is 6.44. The summed E-state index contributed by atoms with van der Waals surface area (Å²) in [5, 5.41) is 11.3. The molecule has 1 aromatic heterocycles. The van der Waals surface area contributed by atoms with E-state index in [0.717, 1.165) is 18.5 Å². The first kappa shape index (κ1) is 12.7. The third-order valence-electron chi connectivity index (χ3n) is 3.04.